The number of aromatic nitrogens is 1. The summed E-state index contributed by atoms with van der Waals surface area (Å²) in [5.41, 5.74) is 6.15. The highest BCUT2D eigenvalue weighted by Gasteiger charge is 2.18. The number of methoxy groups -OCH3 is 1. The number of carbonyl (C=O) groups is 2. The van der Waals surface area contributed by atoms with Gasteiger partial charge in [-0.05, 0) is 31.0 Å². The predicted molar refractivity (Wildman–Crippen MR) is 91.9 cm³/mol. The van der Waals surface area contributed by atoms with Crippen LogP contribution in [0.1, 0.15) is 24.7 Å². The van der Waals surface area contributed by atoms with Crippen LogP contribution in [0.15, 0.2) is 34.9 Å². The second-order valence-electron chi connectivity index (χ2n) is 5.49. The van der Waals surface area contributed by atoms with Crippen LogP contribution in [0, 0.1) is 6.92 Å². The number of nitrogens with zero attached hydrogens (tertiary/aromatic N) is 1. The molecule has 0 unspecified atom stereocenters. The molecule has 1 aromatic carbocycles. The van der Waals surface area contributed by atoms with Gasteiger partial charge in [-0.2, -0.15) is 0 Å². The van der Waals surface area contributed by atoms with E-state index in [0.717, 1.165) is 11.3 Å². The summed E-state index contributed by atoms with van der Waals surface area (Å²) in [6.07, 6.45) is 0.684. The molecule has 0 aliphatic rings. The van der Waals surface area contributed by atoms with Gasteiger partial charge in [0, 0.05) is 6.07 Å². The van der Waals surface area contributed by atoms with E-state index in [-0.39, 0.29) is 18.2 Å². The molecule has 3 N–H and O–H groups in total. The molecule has 1 atom stereocenters. The molecule has 2 aromatic rings. The fourth-order valence-electron chi connectivity index (χ4n) is 2.13. The third-order valence-electron chi connectivity index (χ3n) is 3.51. The summed E-state index contributed by atoms with van der Waals surface area (Å²) in [5, 5.41) is 6.33. The summed E-state index contributed by atoms with van der Waals surface area (Å²) >= 11 is 0. The Balaban J connectivity index is 1.82. The number of nitrogens with one attached hydrogen (secondary N) is 3. The number of hydrazine groups is 1. The van der Waals surface area contributed by atoms with Gasteiger partial charge in [-0.3, -0.25) is 15.0 Å². The van der Waals surface area contributed by atoms with Crippen molar-refractivity contribution in [2.75, 3.05) is 12.4 Å². The van der Waals surface area contributed by atoms with Crippen molar-refractivity contribution in [3.63, 3.8) is 0 Å². The van der Waals surface area contributed by atoms with Crippen LogP contribution in [-0.4, -0.2) is 30.1 Å². The highest BCUT2D eigenvalue weighted by molar-refractivity contribution is 5.94. The maximum atomic E-state index is 12.2. The molecule has 0 fully saturated rings. The fraction of sp³-hybridized carbons (Fsp3) is 0.353. The molecule has 8 nitrogen and oxygen atoms in total. The quantitative estimate of drug-likeness (QED) is 0.627. The van der Waals surface area contributed by atoms with E-state index in [9.17, 15) is 9.59 Å². The molecule has 1 heterocycles. The molecule has 1 aromatic heterocycles. The Bertz CT molecular complexity index is 712. The lowest BCUT2D eigenvalue weighted by atomic mass is 10.1. The minimum atomic E-state index is -0.586. The molecule has 2 amide bonds. The molecule has 0 spiro atoms. The summed E-state index contributed by atoms with van der Waals surface area (Å²) in [4.78, 5) is 24.2. The molecule has 0 aliphatic carbocycles. The van der Waals surface area contributed by atoms with E-state index in [2.05, 4.69) is 21.3 Å². The highest BCUT2D eigenvalue weighted by Crippen LogP contribution is 2.11. The van der Waals surface area contributed by atoms with E-state index in [1.807, 2.05) is 19.1 Å². The number of anilines is 1. The van der Waals surface area contributed by atoms with E-state index in [4.69, 9.17) is 9.26 Å². The SMILES string of the molecule is CC[C@H](NNC(=O)Cc1ccc(OC)cc1)C(=O)Nc1cc(C)on1. The first kappa shape index (κ1) is 18.5. The van der Waals surface area contributed by atoms with Gasteiger partial charge >= 0.3 is 0 Å². The zero-order chi connectivity index (χ0) is 18.2. The van der Waals surface area contributed by atoms with Gasteiger partial charge < -0.3 is 14.6 Å². The minimum Gasteiger partial charge on any atom is -0.497 e. The molecule has 0 saturated heterocycles. The maximum absolute atomic E-state index is 12.2. The molecule has 0 aliphatic heterocycles. The van der Waals surface area contributed by atoms with Crippen molar-refractivity contribution in [3.8, 4) is 5.75 Å². The van der Waals surface area contributed by atoms with Gasteiger partial charge in [-0.1, -0.05) is 24.2 Å². The van der Waals surface area contributed by atoms with E-state index in [0.29, 0.717) is 18.0 Å². The summed E-state index contributed by atoms with van der Waals surface area (Å²) < 4.78 is 9.97. The Hall–Kier alpha value is -2.87. The van der Waals surface area contributed by atoms with Crippen molar-refractivity contribution in [2.24, 2.45) is 0 Å². The Morgan fingerprint density at radius 2 is 2.00 bits per heavy atom. The smallest absolute Gasteiger partial charge is 0.244 e. The summed E-state index contributed by atoms with van der Waals surface area (Å²) in [7, 11) is 1.59. The maximum Gasteiger partial charge on any atom is 0.244 e. The first-order chi connectivity index (χ1) is 12.0. The van der Waals surface area contributed by atoms with Crippen LogP contribution in [0.2, 0.25) is 0 Å². The Kier molecular flexibility index (Phi) is 6.53. The average Bonchev–Trinajstić information content (AvgIpc) is 3.01. The van der Waals surface area contributed by atoms with Crippen LogP contribution >= 0.6 is 0 Å². The van der Waals surface area contributed by atoms with Gasteiger partial charge in [-0.15, -0.1) is 0 Å². The third kappa shape index (κ3) is 5.61. The molecule has 0 radical (unpaired) electrons. The Morgan fingerprint density at radius 1 is 1.28 bits per heavy atom. The van der Waals surface area contributed by atoms with Crippen molar-refractivity contribution in [3.05, 3.63) is 41.7 Å². The van der Waals surface area contributed by atoms with E-state index >= 15 is 0 Å². The van der Waals surface area contributed by atoms with Crippen LogP contribution in [0.5, 0.6) is 5.75 Å². The molecule has 8 heteroatoms. The van der Waals surface area contributed by atoms with Gasteiger partial charge in [0.05, 0.1) is 13.5 Å². The second kappa shape index (κ2) is 8.84. The standard InChI is InChI=1S/C17H22N4O4/c1-4-14(17(23)18-15-9-11(2)25-21-15)19-20-16(22)10-12-5-7-13(24-3)8-6-12/h5-9,14,19H,4,10H2,1-3H3,(H,20,22)(H,18,21,23)/t14-/m0/s1. The minimum absolute atomic E-state index is 0.192. The van der Waals surface area contributed by atoms with Crippen LogP contribution < -0.4 is 20.9 Å². The summed E-state index contributed by atoms with van der Waals surface area (Å²) in [6, 6.07) is 8.24. The molecule has 0 bridgehead atoms. The van der Waals surface area contributed by atoms with Crippen LogP contribution in [0.3, 0.4) is 0 Å². The molecular weight excluding hydrogens is 324 g/mol. The summed E-state index contributed by atoms with van der Waals surface area (Å²) in [5.74, 6) is 1.12. The van der Waals surface area contributed by atoms with Crippen LogP contribution in [0.4, 0.5) is 5.82 Å². The first-order valence-electron chi connectivity index (χ1n) is 7.93. The monoisotopic (exact) mass is 346 g/mol. The largest absolute Gasteiger partial charge is 0.497 e. The molecule has 25 heavy (non-hydrogen) atoms. The van der Waals surface area contributed by atoms with Crippen LogP contribution in [0.25, 0.3) is 0 Å². The normalized spacial score (nSPS) is 11.6. The molecular formula is C17H22N4O4. The number of ether oxygens (including phenoxy) is 1. The Morgan fingerprint density at radius 3 is 2.56 bits per heavy atom. The first-order valence-corrected chi connectivity index (χ1v) is 7.93. The Labute approximate surface area is 145 Å². The number of benzene rings is 1. The van der Waals surface area contributed by atoms with Crippen molar-refractivity contribution in [1.82, 2.24) is 16.0 Å². The lowest BCUT2D eigenvalue weighted by Crippen LogP contribution is -2.50. The van der Waals surface area contributed by atoms with Gasteiger partial charge in [-0.25, -0.2) is 5.43 Å². The number of carbonyl (C=O) groups excluding carboxylic acids is 2. The fourth-order valence-corrected chi connectivity index (χ4v) is 2.13. The molecule has 134 valence electrons. The lowest BCUT2D eigenvalue weighted by Gasteiger charge is -2.16. The van der Waals surface area contributed by atoms with Crippen LogP contribution in [-0.2, 0) is 16.0 Å². The zero-order valence-electron chi connectivity index (χ0n) is 14.5. The molecule has 2 rings (SSSR count). The van der Waals surface area contributed by atoms with E-state index < -0.39 is 6.04 Å². The predicted octanol–water partition coefficient (Wildman–Crippen LogP) is 1.57. The van der Waals surface area contributed by atoms with Crippen molar-refractivity contribution in [1.29, 1.82) is 0 Å². The van der Waals surface area contributed by atoms with Crippen molar-refractivity contribution < 1.29 is 18.8 Å². The number of amides is 2. The highest BCUT2D eigenvalue weighted by atomic mass is 16.5. The number of hydrogen-bond donors (Lipinski definition) is 3. The third-order valence-corrected chi connectivity index (χ3v) is 3.51. The van der Waals surface area contributed by atoms with E-state index in [1.54, 1.807) is 32.2 Å². The van der Waals surface area contributed by atoms with Crippen molar-refractivity contribution >= 4 is 17.6 Å². The van der Waals surface area contributed by atoms with Gasteiger partial charge in [0.2, 0.25) is 11.8 Å². The van der Waals surface area contributed by atoms with Gasteiger partial charge in [0.1, 0.15) is 17.6 Å². The number of aryl methyl sites for hydroxylation is 1. The topological polar surface area (TPSA) is 105 Å². The van der Waals surface area contributed by atoms with Gasteiger partial charge in [0.15, 0.2) is 5.82 Å². The van der Waals surface area contributed by atoms with E-state index in [1.165, 1.54) is 0 Å². The lowest BCUT2D eigenvalue weighted by molar-refractivity contribution is -0.122. The van der Waals surface area contributed by atoms with Gasteiger partial charge in [0.25, 0.3) is 0 Å². The molecule has 0 saturated carbocycles. The number of rotatable bonds is 8. The number of hydrogen-bond acceptors (Lipinski definition) is 6. The average molecular weight is 346 g/mol. The summed E-state index contributed by atoms with van der Waals surface area (Å²) in [6.45, 7) is 3.57. The second-order valence-corrected chi connectivity index (χ2v) is 5.49. The van der Waals surface area contributed by atoms with Crippen molar-refractivity contribution in [2.45, 2.75) is 32.7 Å². The zero-order valence-corrected chi connectivity index (χ0v) is 14.5.